The Morgan fingerprint density at radius 2 is 1.56 bits per heavy atom. The van der Waals surface area contributed by atoms with Crippen molar-refractivity contribution in [1.29, 1.82) is 0 Å². The third-order valence-electron chi connectivity index (χ3n) is 0.682. The molecule has 0 saturated carbocycles. The van der Waals surface area contributed by atoms with Crippen molar-refractivity contribution in [2.24, 2.45) is 10.9 Å². The van der Waals surface area contributed by atoms with Crippen LogP contribution in [-0.4, -0.2) is 12.3 Å². The number of hydrogen-bond donors (Lipinski definition) is 0. The summed E-state index contributed by atoms with van der Waals surface area (Å²) in [5.74, 6) is 0.595. The fourth-order valence-electron chi connectivity index (χ4n) is 0.344. The SMILES string of the molecule is C.CC(C)C=NC(C)C. The van der Waals surface area contributed by atoms with Crippen molar-refractivity contribution in [3.63, 3.8) is 0 Å². The van der Waals surface area contributed by atoms with E-state index in [0.717, 1.165) is 0 Å². The molecular formula is C8H19N. The predicted octanol–water partition coefficient (Wildman–Crippen LogP) is 2.76. The van der Waals surface area contributed by atoms with Crippen molar-refractivity contribution in [2.45, 2.75) is 41.2 Å². The van der Waals surface area contributed by atoms with Crippen LogP contribution in [0.2, 0.25) is 0 Å². The Hall–Kier alpha value is -0.330. The molecule has 0 saturated heterocycles. The van der Waals surface area contributed by atoms with Gasteiger partial charge in [0.05, 0.1) is 0 Å². The fraction of sp³-hybridized carbons (Fsp3) is 0.875. The van der Waals surface area contributed by atoms with Gasteiger partial charge < -0.3 is 0 Å². The lowest BCUT2D eigenvalue weighted by atomic mass is 10.2. The first kappa shape index (κ1) is 11.5. The quantitative estimate of drug-likeness (QED) is 0.508. The van der Waals surface area contributed by atoms with Gasteiger partial charge in [-0.3, -0.25) is 4.99 Å². The Kier molecular flexibility index (Phi) is 7.39. The van der Waals surface area contributed by atoms with Gasteiger partial charge >= 0.3 is 0 Å². The first-order chi connectivity index (χ1) is 3.63. The minimum atomic E-state index is 0. The molecule has 0 aromatic rings. The van der Waals surface area contributed by atoms with E-state index in [1.54, 1.807) is 0 Å². The van der Waals surface area contributed by atoms with E-state index in [1.165, 1.54) is 0 Å². The van der Waals surface area contributed by atoms with Gasteiger partial charge in [-0.2, -0.15) is 0 Å². The Morgan fingerprint density at radius 1 is 1.11 bits per heavy atom. The first-order valence-electron chi connectivity index (χ1n) is 3.16. The van der Waals surface area contributed by atoms with Gasteiger partial charge in [0.1, 0.15) is 0 Å². The molecule has 0 radical (unpaired) electrons. The van der Waals surface area contributed by atoms with Gasteiger partial charge in [-0.15, -0.1) is 0 Å². The van der Waals surface area contributed by atoms with Crippen LogP contribution in [0.5, 0.6) is 0 Å². The molecule has 0 N–H and O–H groups in total. The highest BCUT2D eigenvalue weighted by Crippen LogP contribution is 1.89. The van der Waals surface area contributed by atoms with Crippen molar-refractivity contribution in [1.82, 2.24) is 0 Å². The highest BCUT2D eigenvalue weighted by molar-refractivity contribution is 5.59. The maximum absolute atomic E-state index is 4.20. The van der Waals surface area contributed by atoms with E-state index in [2.05, 4.69) is 32.7 Å². The normalized spacial score (nSPS) is 10.9. The minimum Gasteiger partial charge on any atom is -0.295 e. The summed E-state index contributed by atoms with van der Waals surface area (Å²) in [5, 5.41) is 0. The van der Waals surface area contributed by atoms with E-state index in [-0.39, 0.29) is 7.43 Å². The summed E-state index contributed by atoms with van der Waals surface area (Å²) in [7, 11) is 0. The van der Waals surface area contributed by atoms with Crippen LogP contribution in [0.4, 0.5) is 0 Å². The third kappa shape index (κ3) is 11.3. The second kappa shape index (κ2) is 5.80. The summed E-state index contributed by atoms with van der Waals surface area (Å²) < 4.78 is 0. The van der Waals surface area contributed by atoms with Crippen LogP contribution in [0.25, 0.3) is 0 Å². The molecule has 0 fully saturated rings. The second-order valence-electron chi connectivity index (χ2n) is 2.64. The Bertz CT molecular complexity index is 62.6. The zero-order chi connectivity index (χ0) is 6.57. The highest BCUT2D eigenvalue weighted by atomic mass is 14.7. The van der Waals surface area contributed by atoms with E-state index in [1.807, 2.05) is 6.21 Å². The average molecular weight is 129 g/mol. The number of hydrogen-bond acceptors (Lipinski definition) is 1. The van der Waals surface area contributed by atoms with Gasteiger partial charge in [-0.1, -0.05) is 21.3 Å². The molecule has 9 heavy (non-hydrogen) atoms. The first-order valence-corrected chi connectivity index (χ1v) is 3.16. The molecule has 0 aliphatic heterocycles. The standard InChI is InChI=1S/C7H15N.CH4/c1-6(2)5-8-7(3)4;/h5-7H,1-4H3;1H4. The molecule has 0 bridgehead atoms. The number of nitrogens with zero attached hydrogens (tertiary/aromatic N) is 1. The maximum Gasteiger partial charge on any atom is 0.0439 e. The number of aliphatic imine (C=N–C) groups is 1. The molecule has 0 aromatic carbocycles. The summed E-state index contributed by atoms with van der Waals surface area (Å²) in [5.41, 5.74) is 0. The molecule has 0 spiro atoms. The lowest BCUT2D eigenvalue weighted by Gasteiger charge is -1.95. The fourth-order valence-corrected chi connectivity index (χ4v) is 0.344. The van der Waals surface area contributed by atoms with Crippen molar-refractivity contribution in [2.75, 3.05) is 0 Å². The van der Waals surface area contributed by atoms with Gasteiger partial charge in [0.25, 0.3) is 0 Å². The summed E-state index contributed by atoms with van der Waals surface area (Å²) >= 11 is 0. The summed E-state index contributed by atoms with van der Waals surface area (Å²) in [6.45, 7) is 8.43. The van der Waals surface area contributed by atoms with Crippen molar-refractivity contribution < 1.29 is 0 Å². The van der Waals surface area contributed by atoms with Gasteiger partial charge in [0.2, 0.25) is 0 Å². The molecule has 0 aromatic heterocycles. The van der Waals surface area contributed by atoms with E-state index >= 15 is 0 Å². The largest absolute Gasteiger partial charge is 0.295 e. The van der Waals surface area contributed by atoms with Crippen LogP contribution in [0, 0.1) is 5.92 Å². The van der Waals surface area contributed by atoms with Gasteiger partial charge in [0.15, 0.2) is 0 Å². The van der Waals surface area contributed by atoms with Crippen molar-refractivity contribution >= 4 is 6.21 Å². The Morgan fingerprint density at radius 3 is 1.67 bits per heavy atom. The predicted molar refractivity (Wildman–Crippen MR) is 45.2 cm³/mol. The molecule has 56 valence electrons. The van der Waals surface area contributed by atoms with Crippen LogP contribution in [-0.2, 0) is 0 Å². The van der Waals surface area contributed by atoms with Gasteiger partial charge in [0, 0.05) is 12.3 Å². The average Bonchev–Trinajstić information content (AvgIpc) is 1.61. The molecule has 1 nitrogen and oxygen atoms in total. The summed E-state index contributed by atoms with van der Waals surface area (Å²) in [6, 6.07) is 0.456. The van der Waals surface area contributed by atoms with E-state index in [9.17, 15) is 0 Å². The minimum absolute atomic E-state index is 0. The lowest BCUT2D eigenvalue weighted by Crippen LogP contribution is -1.93. The van der Waals surface area contributed by atoms with E-state index in [4.69, 9.17) is 0 Å². The summed E-state index contributed by atoms with van der Waals surface area (Å²) in [6.07, 6.45) is 1.99. The zero-order valence-corrected chi connectivity index (χ0v) is 6.18. The van der Waals surface area contributed by atoms with E-state index in [0.29, 0.717) is 12.0 Å². The smallest absolute Gasteiger partial charge is 0.0439 e. The molecule has 0 rings (SSSR count). The van der Waals surface area contributed by atoms with Crippen LogP contribution in [0.15, 0.2) is 4.99 Å². The molecule has 0 atom stereocenters. The topological polar surface area (TPSA) is 12.4 Å². The monoisotopic (exact) mass is 129 g/mol. The van der Waals surface area contributed by atoms with Crippen molar-refractivity contribution in [3.05, 3.63) is 0 Å². The molecule has 0 unspecified atom stereocenters. The third-order valence-corrected chi connectivity index (χ3v) is 0.682. The lowest BCUT2D eigenvalue weighted by molar-refractivity contribution is 0.812. The maximum atomic E-state index is 4.20. The molecular weight excluding hydrogens is 110 g/mol. The second-order valence-corrected chi connectivity index (χ2v) is 2.64. The number of rotatable bonds is 2. The molecule has 0 aliphatic carbocycles. The highest BCUT2D eigenvalue weighted by Gasteiger charge is 1.85. The van der Waals surface area contributed by atoms with Crippen LogP contribution in [0.1, 0.15) is 35.1 Å². The van der Waals surface area contributed by atoms with E-state index < -0.39 is 0 Å². The van der Waals surface area contributed by atoms with Crippen molar-refractivity contribution in [3.8, 4) is 0 Å². The van der Waals surface area contributed by atoms with Crippen LogP contribution < -0.4 is 0 Å². The zero-order valence-electron chi connectivity index (χ0n) is 6.18. The van der Waals surface area contributed by atoms with Gasteiger partial charge in [-0.05, 0) is 19.8 Å². The van der Waals surface area contributed by atoms with Crippen LogP contribution in [0.3, 0.4) is 0 Å². The van der Waals surface area contributed by atoms with Gasteiger partial charge in [-0.25, -0.2) is 0 Å². The molecule has 0 aliphatic rings. The van der Waals surface area contributed by atoms with Crippen LogP contribution >= 0.6 is 0 Å². The molecule has 1 heteroatoms. The molecule has 0 amide bonds. The molecule has 0 heterocycles. The Balaban J connectivity index is 0. The summed E-state index contributed by atoms with van der Waals surface area (Å²) in [4.78, 5) is 4.20. The Labute approximate surface area is 59.2 Å².